The van der Waals surface area contributed by atoms with E-state index in [0.29, 0.717) is 12.2 Å². The highest BCUT2D eigenvalue weighted by Crippen LogP contribution is 2.21. The number of aromatic amines is 1. The maximum absolute atomic E-state index is 12.0. The molecule has 1 amide bonds. The van der Waals surface area contributed by atoms with E-state index in [4.69, 9.17) is 10.7 Å². The lowest BCUT2D eigenvalue weighted by molar-refractivity contribution is 0.0931. The van der Waals surface area contributed by atoms with E-state index >= 15 is 0 Å². The molecule has 0 saturated heterocycles. The van der Waals surface area contributed by atoms with Crippen molar-refractivity contribution >= 4 is 36.4 Å². The van der Waals surface area contributed by atoms with E-state index in [2.05, 4.69) is 15.5 Å². The maximum atomic E-state index is 12.0. The average Bonchev–Trinajstić information content (AvgIpc) is 2.68. The van der Waals surface area contributed by atoms with Gasteiger partial charge in [-0.3, -0.25) is 14.1 Å². The van der Waals surface area contributed by atoms with Crippen molar-refractivity contribution in [2.45, 2.75) is 31.2 Å². The van der Waals surface area contributed by atoms with Crippen molar-refractivity contribution in [3.8, 4) is 0 Å². The van der Waals surface area contributed by atoms with Gasteiger partial charge in [0, 0.05) is 39.5 Å². The third-order valence-corrected chi connectivity index (χ3v) is 4.83. The van der Waals surface area contributed by atoms with E-state index in [1.807, 2.05) is 0 Å². The molecule has 1 rings (SSSR count). The minimum atomic E-state index is -4.06. The Kier molecular flexibility index (Phi) is 5.72. The Hall–Kier alpha value is -0.930. The first-order valence-electron chi connectivity index (χ1n) is 5.73. The molecular formula is C10H16ClN3O4S2. The second-order valence-corrected chi connectivity index (χ2v) is 8.46. The predicted octanol–water partition coefficient (Wildman–Crippen LogP) is 0.533. The molecule has 0 aliphatic carbocycles. The van der Waals surface area contributed by atoms with Crippen molar-refractivity contribution in [2.75, 3.05) is 12.0 Å². The van der Waals surface area contributed by atoms with Gasteiger partial charge in [0.25, 0.3) is 15.0 Å². The summed E-state index contributed by atoms with van der Waals surface area (Å²) in [7, 11) is 0.277. The van der Waals surface area contributed by atoms with Crippen molar-refractivity contribution in [3.63, 3.8) is 0 Å². The van der Waals surface area contributed by atoms with E-state index in [9.17, 15) is 17.4 Å². The van der Waals surface area contributed by atoms with E-state index < -0.39 is 25.8 Å². The minimum absolute atomic E-state index is 0.201. The number of carbonyl (C=O) groups is 1. The van der Waals surface area contributed by atoms with Crippen molar-refractivity contribution in [3.05, 3.63) is 11.4 Å². The van der Waals surface area contributed by atoms with Gasteiger partial charge in [-0.25, -0.2) is 8.42 Å². The molecule has 7 nitrogen and oxygen atoms in total. The number of amides is 1. The molecule has 0 radical (unpaired) electrons. The number of hydrogen-bond donors (Lipinski definition) is 2. The summed E-state index contributed by atoms with van der Waals surface area (Å²) in [5.41, 5.74) is -0.0607. The second-order valence-electron chi connectivity index (χ2n) is 4.40. The monoisotopic (exact) mass is 341 g/mol. The summed E-state index contributed by atoms with van der Waals surface area (Å²) >= 11 is 0. The summed E-state index contributed by atoms with van der Waals surface area (Å²) in [5, 5.41) is 8.69. The van der Waals surface area contributed by atoms with Crippen LogP contribution in [0, 0.1) is 6.92 Å². The highest BCUT2D eigenvalue weighted by Gasteiger charge is 2.27. The minimum Gasteiger partial charge on any atom is -0.348 e. The lowest BCUT2D eigenvalue weighted by Gasteiger charge is -2.12. The molecule has 1 heterocycles. The SMILES string of the molecule is Cc1[nH]nc(C(=O)NC(C)CCS(C)=O)c1S(=O)(=O)Cl. The van der Waals surface area contributed by atoms with Crippen LogP contribution in [0.1, 0.15) is 29.5 Å². The Morgan fingerprint density at radius 2 is 2.15 bits per heavy atom. The molecule has 0 saturated carbocycles. The fourth-order valence-electron chi connectivity index (χ4n) is 1.58. The number of rotatable bonds is 6. The molecule has 0 aromatic carbocycles. The summed E-state index contributed by atoms with van der Waals surface area (Å²) in [5.74, 6) is -0.190. The zero-order valence-corrected chi connectivity index (χ0v) is 13.7. The van der Waals surface area contributed by atoms with Crippen LogP contribution in [0.4, 0.5) is 0 Å². The molecule has 20 heavy (non-hydrogen) atoms. The first-order valence-corrected chi connectivity index (χ1v) is 9.77. The molecule has 114 valence electrons. The number of H-pyrrole nitrogens is 1. The van der Waals surface area contributed by atoms with Gasteiger partial charge >= 0.3 is 0 Å². The Labute approximate surface area is 124 Å². The summed E-state index contributed by atoms with van der Waals surface area (Å²) in [4.78, 5) is 11.7. The summed E-state index contributed by atoms with van der Waals surface area (Å²) in [6, 6.07) is -0.255. The molecule has 0 bridgehead atoms. The molecule has 0 aliphatic rings. The van der Waals surface area contributed by atoms with Crippen LogP contribution in [-0.2, 0) is 19.9 Å². The van der Waals surface area contributed by atoms with Crippen LogP contribution >= 0.6 is 10.7 Å². The quantitative estimate of drug-likeness (QED) is 0.734. The number of aryl methyl sites for hydroxylation is 1. The van der Waals surface area contributed by atoms with E-state index in [1.54, 1.807) is 13.2 Å². The number of nitrogens with zero attached hydrogens (tertiary/aromatic N) is 1. The highest BCUT2D eigenvalue weighted by molar-refractivity contribution is 8.13. The van der Waals surface area contributed by atoms with Crippen LogP contribution in [0.3, 0.4) is 0 Å². The summed E-state index contributed by atoms with van der Waals surface area (Å²) in [6.07, 6.45) is 2.09. The van der Waals surface area contributed by atoms with Gasteiger partial charge in [0.1, 0.15) is 4.90 Å². The molecule has 2 N–H and O–H groups in total. The standard InChI is InChI=1S/C10H16ClN3O4S2/c1-6(4-5-19(3)16)12-10(15)8-9(20(11,17)18)7(2)13-14-8/h6H,4-5H2,1-3H3,(H,12,15)(H,13,14). The molecular weight excluding hydrogens is 326 g/mol. The number of aromatic nitrogens is 2. The Bertz CT molecular complexity index is 626. The van der Waals surface area contributed by atoms with Crippen LogP contribution in [0.5, 0.6) is 0 Å². The molecule has 1 aromatic rings. The van der Waals surface area contributed by atoms with E-state index in [1.165, 1.54) is 6.92 Å². The fraction of sp³-hybridized carbons (Fsp3) is 0.600. The molecule has 0 fully saturated rings. The molecule has 10 heteroatoms. The third kappa shape index (κ3) is 4.57. The van der Waals surface area contributed by atoms with Crippen LogP contribution in [0.15, 0.2) is 4.90 Å². The second kappa shape index (κ2) is 6.68. The number of hydrogen-bond acceptors (Lipinski definition) is 5. The Balaban J connectivity index is 2.87. The molecule has 0 aliphatic heterocycles. The lowest BCUT2D eigenvalue weighted by Crippen LogP contribution is -2.34. The van der Waals surface area contributed by atoms with Gasteiger partial charge in [0.15, 0.2) is 5.69 Å². The number of halogens is 1. The summed E-state index contributed by atoms with van der Waals surface area (Å²) < 4.78 is 33.8. The van der Waals surface area contributed by atoms with Crippen LogP contribution < -0.4 is 5.32 Å². The van der Waals surface area contributed by atoms with Crippen molar-refractivity contribution < 1.29 is 17.4 Å². The highest BCUT2D eigenvalue weighted by atomic mass is 35.7. The van der Waals surface area contributed by atoms with Gasteiger partial charge < -0.3 is 5.32 Å². The normalized spacial score (nSPS) is 14.8. The van der Waals surface area contributed by atoms with Crippen molar-refractivity contribution in [1.82, 2.24) is 15.5 Å². The van der Waals surface area contributed by atoms with E-state index in [0.717, 1.165) is 0 Å². The largest absolute Gasteiger partial charge is 0.348 e. The average molecular weight is 342 g/mol. The lowest BCUT2D eigenvalue weighted by atomic mass is 10.2. The third-order valence-electron chi connectivity index (χ3n) is 2.57. The van der Waals surface area contributed by atoms with Gasteiger partial charge in [0.2, 0.25) is 0 Å². The Morgan fingerprint density at radius 3 is 2.65 bits per heavy atom. The van der Waals surface area contributed by atoms with Crippen molar-refractivity contribution in [1.29, 1.82) is 0 Å². The zero-order valence-electron chi connectivity index (χ0n) is 11.3. The molecule has 2 atom stereocenters. The first-order chi connectivity index (χ1) is 9.12. The Morgan fingerprint density at radius 1 is 1.55 bits per heavy atom. The van der Waals surface area contributed by atoms with Crippen LogP contribution in [-0.4, -0.2) is 46.8 Å². The topological polar surface area (TPSA) is 109 Å². The van der Waals surface area contributed by atoms with Gasteiger partial charge in [-0.2, -0.15) is 5.10 Å². The maximum Gasteiger partial charge on any atom is 0.273 e. The molecule has 2 unspecified atom stereocenters. The smallest absolute Gasteiger partial charge is 0.273 e. The van der Waals surface area contributed by atoms with Gasteiger partial charge in [-0.15, -0.1) is 0 Å². The molecule has 0 spiro atoms. The van der Waals surface area contributed by atoms with Crippen LogP contribution in [0.25, 0.3) is 0 Å². The zero-order chi connectivity index (χ0) is 15.5. The summed E-state index contributed by atoms with van der Waals surface area (Å²) in [6.45, 7) is 3.20. The van der Waals surface area contributed by atoms with Crippen LogP contribution in [0.2, 0.25) is 0 Å². The van der Waals surface area contributed by atoms with E-state index in [-0.39, 0.29) is 22.3 Å². The molecule has 1 aromatic heterocycles. The number of carbonyl (C=O) groups excluding carboxylic acids is 1. The van der Waals surface area contributed by atoms with Crippen molar-refractivity contribution in [2.24, 2.45) is 0 Å². The first kappa shape index (κ1) is 17.1. The predicted molar refractivity (Wildman–Crippen MR) is 76.8 cm³/mol. The van der Waals surface area contributed by atoms with Gasteiger partial charge in [-0.1, -0.05) is 0 Å². The van der Waals surface area contributed by atoms with Gasteiger partial charge in [-0.05, 0) is 20.3 Å². The van der Waals surface area contributed by atoms with Gasteiger partial charge in [0.05, 0.1) is 5.69 Å². The number of nitrogens with one attached hydrogen (secondary N) is 2. The fourth-order valence-corrected chi connectivity index (χ4v) is 3.61.